The van der Waals surface area contributed by atoms with Gasteiger partial charge >= 0.3 is 0 Å². The first-order valence-electron chi connectivity index (χ1n) is 5.66. The van der Waals surface area contributed by atoms with Crippen LogP contribution in [0.2, 0.25) is 0 Å². The van der Waals surface area contributed by atoms with Crippen LogP contribution >= 0.6 is 22.6 Å². The third-order valence-corrected chi connectivity index (χ3v) is 4.01. The minimum atomic E-state index is -0.594. The number of rotatable bonds is 7. The van der Waals surface area contributed by atoms with E-state index in [1.807, 2.05) is 19.9 Å². The zero-order valence-corrected chi connectivity index (χ0v) is 12.4. The molecule has 1 aromatic carbocycles. The molecular weight excluding hydrogens is 334 g/mol. The van der Waals surface area contributed by atoms with Crippen LogP contribution in [0.5, 0.6) is 0 Å². The second kappa shape index (κ2) is 7.28. The third-order valence-electron chi connectivity index (χ3n) is 2.55. The van der Waals surface area contributed by atoms with Crippen molar-refractivity contribution in [3.8, 4) is 0 Å². The molecule has 2 nitrogen and oxygen atoms in total. The smallest absolute Gasteiger partial charge is 0.129 e. The summed E-state index contributed by atoms with van der Waals surface area (Å²) in [6.45, 7) is 5.53. The van der Waals surface area contributed by atoms with Crippen molar-refractivity contribution in [2.24, 2.45) is 0 Å². The highest BCUT2D eigenvalue weighted by Gasteiger charge is 2.28. The lowest BCUT2D eigenvalue weighted by atomic mass is 9.97. The molecule has 1 atom stereocenters. The van der Waals surface area contributed by atoms with E-state index in [0.717, 1.165) is 0 Å². The first-order chi connectivity index (χ1) is 8.14. The molecule has 4 heteroatoms. The van der Waals surface area contributed by atoms with Crippen LogP contribution in [-0.4, -0.2) is 24.2 Å². The summed E-state index contributed by atoms with van der Waals surface area (Å²) in [6.07, 6.45) is 0. The molecule has 0 aliphatic heterocycles. The number of halogens is 2. The highest BCUT2D eigenvalue weighted by atomic mass is 127. The van der Waals surface area contributed by atoms with Crippen molar-refractivity contribution in [2.45, 2.75) is 19.4 Å². The van der Waals surface area contributed by atoms with E-state index >= 15 is 0 Å². The van der Waals surface area contributed by atoms with Crippen molar-refractivity contribution in [3.05, 3.63) is 35.6 Å². The quantitative estimate of drug-likeness (QED) is 0.425. The first-order valence-corrected chi connectivity index (χ1v) is 7.19. The Bertz CT molecular complexity index is 346. The zero-order chi connectivity index (χ0) is 12.7. The van der Waals surface area contributed by atoms with Gasteiger partial charge in [-0.2, -0.15) is 0 Å². The summed E-state index contributed by atoms with van der Waals surface area (Å²) in [5.41, 5.74) is 0.00844. The van der Waals surface area contributed by atoms with E-state index in [9.17, 15) is 4.39 Å². The van der Waals surface area contributed by atoms with Crippen molar-refractivity contribution in [1.29, 1.82) is 0 Å². The van der Waals surface area contributed by atoms with Gasteiger partial charge in [0.2, 0.25) is 0 Å². The lowest BCUT2D eigenvalue weighted by Crippen LogP contribution is -2.30. The number of hydrogen-bond acceptors (Lipinski definition) is 2. The number of benzene rings is 1. The van der Waals surface area contributed by atoms with Gasteiger partial charge in [-0.05, 0) is 19.9 Å². The number of hydrogen-bond donors (Lipinski definition) is 0. The van der Waals surface area contributed by atoms with E-state index in [1.54, 1.807) is 12.1 Å². The molecule has 0 fully saturated rings. The summed E-state index contributed by atoms with van der Waals surface area (Å²) < 4.78 is 25.4. The van der Waals surface area contributed by atoms with Gasteiger partial charge in [-0.25, -0.2) is 4.39 Å². The Hall–Kier alpha value is -0.200. The van der Waals surface area contributed by atoms with E-state index in [2.05, 4.69) is 22.6 Å². The van der Waals surface area contributed by atoms with Gasteiger partial charge in [0.25, 0.3) is 0 Å². The maximum Gasteiger partial charge on any atom is 0.129 e. The Kier molecular flexibility index (Phi) is 6.37. The van der Waals surface area contributed by atoms with Crippen LogP contribution in [0.25, 0.3) is 0 Å². The molecule has 0 heterocycles. The largest absolute Gasteiger partial charge is 0.379 e. The van der Waals surface area contributed by atoms with Crippen LogP contribution in [0.1, 0.15) is 19.4 Å². The molecule has 0 bridgehead atoms. The Balaban J connectivity index is 2.71. The Morgan fingerprint density at radius 2 is 2.00 bits per heavy atom. The summed E-state index contributed by atoms with van der Waals surface area (Å²) in [6, 6.07) is 6.75. The first kappa shape index (κ1) is 14.9. The van der Waals surface area contributed by atoms with E-state index in [1.165, 1.54) is 6.07 Å². The van der Waals surface area contributed by atoms with Crippen molar-refractivity contribution < 1.29 is 13.9 Å². The minimum absolute atomic E-state index is 0.219. The molecule has 0 radical (unpaired) electrons. The van der Waals surface area contributed by atoms with Crippen LogP contribution in [0, 0.1) is 5.82 Å². The van der Waals surface area contributed by atoms with E-state index < -0.39 is 5.60 Å². The molecule has 1 aromatic rings. The van der Waals surface area contributed by atoms with Gasteiger partial charge in [0.15, 0.2) is 0 Å². The molecule has 96 valence electrons. The average Bonchev–Trinajstić information content (AvgIpc) is 2.35. The van der Waals surface area contributed by atoms with Crippen LogP contribution < -0.4 is 0 Å². The molecular formula is C13H18FIO2. The third kappa shape index (κ3) is 4.19. The fourth-order valence-corrected chi connectivity index (χ4v) is 2.18. The number of ether oxygens (including phenoxy) is 2. The monoisotopic (exact) mass is 352 g/mol. The Morgan fingerprint density at radius 1 is 1.29 bits per heavy atom. The van der Waals surface area contributed by atoms with Crippen LogP contribution in [0.15, 0.2) is 24.3 Å². The second-order valence-corrected chi connectivity index (χ2v) is 4.65. The summed E-state index contributed by atoms with van der Waals surface area (Å²) in [7, 11) is 0. The van der Waals surface area contributed by atoms with Crippen LogP contribution in [0.3, 0.4) is 0 Å². The Labute approximate surface area is 116 Å². The van der Waals surface area contributed by atoms with E-state index in [4.69, 9.17) is 9.47 Å². The molecule has 0 aliphatic carbocycles. The molecule has 0 saturated carbocycles. The summed E-state index contributed by atoms with van der Waals surface area (Å²) in [4.78, 5) is 0. The van der Waals surface area contributed by atoms with Crippen molar-refractivity contribution in [1.82, 2.24) is 0 Å². The normalized spacial score (nSPS) is 14.6. The van der Waals surface area contributed by atoms with Crippen molar-refractivity contribution in [2.75, 3.05) is 24.2 Å². The lowest BCUT2D eigenvalue weighted by Gasteiger charge is -2.28. The van der Waals surface area contributed by atoms with Gasteiger partial charge in [0.05, 0.1) is 13.2 Å². The molecule has 0 aliphatic rings. The standard InChI is InChI=1S/C13H18FIO2/c1-3-16-8-9-17-13(2,10-15)11-6-4-5-7-12(11)14/h4-7H,3,8-10H2,1-2H3. The van der Waals surface area contributed by atoms with Crippen molar-refractivity contribution >= 4 is 22.6 Å². The SMILES string of the molecule is CCOCCOC(C)(CI)c1ccccc1F. The molecule has 0 saturated heterocycles. The highest BCUT2D eigenvalue weighted by molar-refractivity contribution is 14.1. The second-order valence-electron chi connectivity index (χ2n) is 3.89. The van der Waals surface area contributed by atoms with Gasteiger partial charge in [-0.15, -0.1) is 0 Å². The zero-order valence-electron chi connectivity index (χ0n) is 10.2. The predicted molar refractivity (Wildman–Crippen MR) is 75.1 cm³/mol. The summed E-state index contributed by atoms with van der Waals surface area (Å²) in [5, 5.41) is 0. The molecule has 1 rings (SSSR count). The lowest BCUT2D eigenvalue weighted by molar-refractivity contribution is -0.0451. The van der Waals surface area contributed by atoms with E-state index in [-0.39, 0.29) is 5.82 Å². The molecule has 0 N–H and O–H groups in total. The highest BCUT2D eigenvalue weighted by Crippen LogP contribution is 2.29. The molecule has 1 unspecified atom stereocenters. The topological polar surface area (TPSA) is 18.5 Å². The maximum atomic E-state index is 13.7. The fourth-order valence-electron chi connectivity index (χ4n) is 1.55. The predicted octanol–water partition coefficient (Wildman–Crippen LogP) is 3.53. The molecule has 0 aromatic heterocycles. The maximum absolute atomic E-state index is 13.7. The number of alkyl halides is 1. The van der Waals surface area contributed by atoms with Gasteiger partial charge in [-0.1, -0.05) is 40.8 Å². The average molecular weight is 352 g/mol. The molecule has 0 spiro atoms. The van der Waals surface area contributed by atoms with Gasteiger partial charge in [-0.3, -0.25) is 0 Å². The Morgan fingerprint density at radius 3 is 2.59 bits per heavy atom. The van der Waals surface area contributed by atoms with Crippen LogP contribution in [0.4, 0.5) is 4.39 Å². The van der Waals surface area contributed by atoms with Gasteiger partial charge < -0.3 is 9.47 Å². The van der Waals surface area contributed by atoms with E-state index in [0.29, 0.717) is 29.8 Å². The molecule has 17 heavy (non-hydrogen) atoms. The van der Waals surface area contributed by atoms with Crippen LogP contribution in [-0.2, 0) is 15.1 Å². The summed E-state index contributed by atoms with van der Waals surface area (Å²) in [5.74, 6) is -0.219. The summed E-state index contributed by atoms with van der Waals surface area (Å²) >= 11 is 2.21. The van der Waals surface area contributed by atoms with Gasteiger partial charge in [0, 0.05) is 16.6 Å². The molecule has 0 amide bonds. The minimum Gasteiger partial charge on any atom is -0.379 e. The fraction of sp³-hybridized carbons (Fsp3) is 0.538. The van der Waals surface area contributed by atoms with Gasteiger partial charge in [0.1, 0.15) is 11.4 Å². The van der Waals surface area contributed by atoms with Crippen molar-refractivity contribution in [3.63, 3.8) is 0 Å².